The number of anilines is 3. The summed E-state index contributed by atoms with van der Waals surface area (Å²) >= 11 is 0. The van der Waals surface area contributed by atoms with Crippen LogP contribution in [0.25, 0.3) is 21.8 Å². The van der Waals surface area contributed by atoms with E-state index in [1.165, 1.54) is 44.4 Å². The first-order chi connectivity index (χ1) is 13.6. The van der Waals surface area contributed by atoms with Gasteiger partial charge in [0.1, 0.15) is 0 Å². The van der Waals surface area contributed by atoms with E-state index in [0.29, 0.717) is 0 Å². The lowest BCUT2D eigenvalue weighted by Crippen LogP contribution is -2.09. The Morgan fingerprint density at radius 2 is 1.07 bits per heavy atom. The van der Waals surface area contributed by atoms with Gasteiger partial charge in [-0.2, -0.15) is 0 Å². The fraction of sp³-hybridized carbons (Fsp3) is 0.120. The summed E-state index contributed by atoms with van der Waals surface area (Å²) in [5, 5.41) is 2.50. The number of benzene rings is 3. The Morgan fingerprint density at radius 1 is 0.607 bits per heavy atom. The summed E-state index contributed by atoms with van der Waals surface area (Å²) in [4.78, 5) is 2.38. The topological polar surface area (TPSA) is 13.1 Å². The highest BCUT2D eigenvalue weighted by molar-refractivity contribution is 6.04. The van der Waals surface area contributed by atoms with Crippen molar-refractivity contribution in [2.75, 3.05) is 4.90 Å². The van der Waals surface area contributed by atoms with Gasteiger partial charge in [-0.25, -0.2) is 0 Å². The largest absolute Gasteiger partial charge is 0.348 e. The van der Waals surface area contributed by atoms with Gasteiger partial charge in [0.05, 0.1) is 11.4 Å². The monoisotopic (exact) mass is 365 g/mol. The average Bonchev–Trinajstić information content (AvgIpc) is 3.22. The van der Waals surface area contributed by atoms with Crippen molar-refractivity contribution in [3.63, 3.8) is 0 Å². The quantitative estimate of drug-likeness (QED) is 0.358. The maximum atomic E-state index is 2.38. The maximum Gasteiger partial charge on any atom is 0.0717 e. The van der Waals surface area contributed by atoms with Crippen LogP contribution in [0.5, 0.6) is 0 Å². The Hall–Kier alpha value is -3.46. The minimum atomic E-state index is 1.17. The van der Waals surface area contributed by atoms with E-state index >= 15 is 0 Å². The third-order valence-electron chi connectivity index (χ3n) is 5.53. The van der Waals surface area contributed by atoms with Crippen molar-refractivity contribution in [3.8, 4) is 0 Å². The molecular formula is C25H23N3. The Labute approximate surface area is 165 Å². The van der Waals surface area contributed by atoms with Crippen LogP contribution < -0.4 is 4.90 Å². The van der Waals surface area contributed by atoms with E-state index < -0.39 is 0 Å². The van der Waals surface area contributed by atoms with Gasteiger partial charge in [-0.3, -0.25) is 0 Å². The second-order valence-corrected chi connectivity index (χ2v) is 7.46. The van der Waals surface area contributed by atoms with Gasteiger partial charge in [-0.05, 0) is 31.2 Å². The number of hydrogen-bond acceptors (Lipinski definition) is 1. The zero-order chi connectivity index (χ0) is 19.3. The predicted octanol–water partition coefficient (Wildman–Crippen LogP) is 6.45. The second-order valence-electron chi connectivity index (χ2n) is 7.46. The van der Waals surface area contributed by atoms with Gasteiger partial charge in [0.25, 0.3) is 0 Å². The van der Waals surface area contributed by atoms with Crippen molar-refractivity contribution >= 4 is 38.9 Å². The lowest BCUT2D eigenvalue weighted by atomic mass is 10.1. The van der Waals surface area contributed by atoms with Crippen molar-refractivity contribution in [2.24, 2.45) is 14.1 Å². The number of nitrogens with zero attached hydrogens (tertiary/aromatic N) is 3. The molecule has 3 aromatic carbocycles. The standard InChI is InChI=1S/C25H23N3/c1-18-12-14-19(15-13-18)28(24-16-26(2)22-10-6-4-8-20(22)24)25-17-27(3)23-11-7-5-9-21(23)25/h4-17H,1-3H3. The third kappa shape index (κ3) is 2.51. The summed E-state index contributed by atoms with van der Waals surface area (Å²) < 4.78 is 4.41. The van der Waals surface area contributed by atoms with Crippen molar-refractivity contribution in [3.05, 3.63) is 90.8 Å². The predicted molar refractivity (Wildman–Crippen MR) is 119 cm³/mol. The molecule has 0 unspecified atom stereocenters. The summed E-state index contributed by atoms with van der Waals surface area (Å²) in [7, 11) is 4.23. The van der Waals surface area contributed by atoms with Crippen molar-refractivity contribution < 1.29 is 0 Å². The highest BCUT2D eigenvalue weighted by atomic mass is 15.2. The molecule has 0 radical (unpaired) electrons. The molecule has 0 aliphatic rings. The Bertz CT molecular complexity index is 1210. The molecule has 0 fully saturated rings. The number of para-hydroxylation sites is 2. The Balaban J connectivity index is 1.84. The van der Waals surface area contributed by atoms with Crippen molar-refractivity contribution in [2.45, 2.75) is 6.92 Å². The van der Waals surface area contributed by atoms with E-state index in [0.717, 1.165) is 0 Å². The summed E-state index contributed by atoms with van der Waals surface area (Å²) in [6.45, 7) is 2.13. The molecule has 0 saturated carbocycles. The van der Waals surface area contributed by atoms with Crippen LogP contribution in [0.2, 0.25) is 0 Å². The van der Waals surface area contributed by atoms with Crippen molar-refractivity contribution in [1.82, 2.24) is 9.13 Å². The zero-order valence-corrected chi connectivity index (χ0v) is 16.4. The first-order valence-corrected chi connectivity index (χ1v) is 9.58. The first kappa shape index (κ1) is 16.7. The van der Waals surface area contributed by atoms with Crippen LogP contribution in [0.3, 0.4) is 0 Å². The molecule has 3 nitrogen and oxygen atoms in total. The molecule has 5 rings (SSSR count). The summed E-state index contributed by atoms with van der Waals surface area (Å²) in [5.74, 6) is 0. The summed E-state index contributed by atoms with van der Waals surface area (Å²) in [5.41, 5.74) is 7.28. The highest BCUT2D eigenvalue weighted by Crippen LogP contribution is 2.43. The minimum Gasteiger partial charge on any atom is -0.348 e. The van der Waals surface area contributed by atoms with Crippen LogP contribution in [-0.2, 0) is 14.1 Å². The van der Waals surface area contributed by atoms with Crippen LogP contribution >= 0.6 is 0 Å². The molecule has 0 bridgehead atoms. The van der Waals surface area contributed by atoms with E-state index in [-0.39, 0.29) is 0 Å². The Morgan fingerprint density at radius 3 is 1.57 bits per heavy atom. The summed E-state index contributed by atoms with van der Waals surface area (Å²) in [6, 6.07) is 26.0. The average molecular weight is 365 g/mol. The number of hydrogen-bond donors (Lipinski definition) is 0. The fourth-order valence-electron chi connectivity index (χ4n) is 4.10. The number of rotatable bonds is 3. The van der Waals surface area contributed by atoms with Crippen LogP contribution in [0.15, 0.2) is 85.2 Å². The van der Waals surface area contributed by atoms with Gasteiger partial charge in [0.2, 0.25) is 0 Å². The maximum absolute atomic E-state index is 2.38. The van der Waals surface area contributed by atoms with E-state index in [1.54, 1.807) is 0 Å². The van der Waals surface area contributed by atoms with E-state index in [1.807, 2.05) is 0 Å². The molecule has 3 heteroatoms. The van der Waals surface area contributed by atoms with Crippen LogP contribution in [-0.4, -0.2) is 9.13 Å². The molecule has 2 heterocycles. The molecule has 0 N–H and O–H groups in total. The lowest BCUT2D eigenvalue weighted by Gasteiger charge is -2.24. The molecule has 28 heavy (non-hydrogen) atoms. The van der Waals surface area contributed by atoms with Gasteiger partial charge < -0.3 is 14.0 Å². The normalized spacial score (nSPS) is 11.4. The lowest BCUT2D eigenvalue weighted by molar-refractivity contribution is 0.961. The van der Waals surface area contributed by atoms with E-state index in [9.17, 15) is 0 Å². The van der Waals surface area contributed by atoms with Gasteiger partial charge in [0.15, 0.2) is 0 Å². The highest BCUT2D eigenvalue weighted by Gasteiger charge is 2.21. The fourth-order valence-corrected chi connectivity index (χ4v) is 4.10. The second kappa shape index (κ2) is 6.31. The van der Waals surface area contributed by atoms with Crippen LogP contribution in [0.4, 0.5) is 17.1 Å². The van der Waals surface area contributed by atoms with Crippen LogP contribution in [0, 0.1) is 6.92 Å². The molecule has 2 aromatic heterocycles. The molecule has 0 aliphatic carbocycles. The van der Waals surface area contributed by atoms with Gasteiger partial charge >= 0.3 is 0 Å². The molecule has 0 spiro atoms. The summed E-state index contributed by atoms with van der Waals surface area (Å²) in [6.07, 6.45) is 4.46. The van der Waals surface area contributed by atoms with Gasteiger partial charge in [-0.1, -0.05) is 54.1 Å². The third-order valence-corrected chi connectivity index (χ3v) is 5.53. The van der Waals surface area contributed by atoms with Gasteiger partial charge in [-0.15, -0.1) is 0 Å². The van der Waals surface area contributed by atoms with Crippen molar-refractivity contribution in [1.29, 1.82) is 0 Å². The molecule has 0 amide bonds. The molecule has 0 saturated heterocycles. The molecule has 0 aliphatic heterocycles. The van der Waals surface area contributed by atoms with E-state index in [2.05, 4.69) is 120 Å². The van der Waals surface area contributed by atoms with E-state index in [4.69, 9.17) is 0 Å². The van der Waals surface area contributed by atoms with Gasteiger partial charge in [0, 0.05) is 54.0 Å². The first-order valence-electron chi connectivity index (χ1n) is 9.58. The number of aryl methyl sites for hydroxylation is 3. The number of aromatic nitrogens is 2. The molecule has 0 atom stereocenters. The van der Waals surface area contributed by atoms with Crippen LogP contribution in [0.1, 0.15) is 5.56 Å². The minimum absolute atomic E-state index is 1.17. The Kier molecular flexibility index (Phi) is 3.76. The number of fused-ring (bicyclic) bond motifs is 2. The molecule has 138 valence electrons. The SMILES string of the molecule is Cc1ccc(N(c2cn(C)c3ccccc23)c2cn(C)c3ccccc23)cc1. The molecular weight excluding hydrogens is 342 g/mol. The smallest absolute Gasteiger partial charge is 0.0717 e. The molecule has 5 aromatic rings. The zero-order valence-electron chi connectivity index (χ0n) is 16.4.